The Kier molecular flexibility index (Phi) is 4.37. The largest absolute Gasteiger partial charge is 0.472 e. The van der Waals surface area contributed by atoms with E-state index in [4.69, 9.17) is 10.5 Å². The number of aromatic nitrogens is 1. The van der Waals surface area contributed by atoms with Gasteiger partial charge in [-0.25, -0.2) is 9.37 Å². The van der Waals surface area contributed by atoms with Gasteiger partial charge in [-0.05, 0) is 38.8 Å². The highest BCUT2D eigenvalue weighted by Crippen LogP contribution is 2.20. The van der Waals surface area contributed by atoms with E-state index in [0.717, 1.165) is 32.5 Å². The van der Waals surface area contributed by atoms with Crippen molar-refractivity contribution in [2.75, 3.05) is 19.6 Å². The Labute approximate surface area is 113 Å². The lowest BCUT2D eigenvalue weighted by Gasteiger charge is -2.35. The van der Waals surface area contributed by atoms with Crippen LogP contribution in [-0.2, 0) is 0 Å². The normalized spacial score (nSPS) is 18.5. The molecule has 0 radical (unpaired) electrons. The average Bonchev–Trinajstić information content (AvgIpc) is 2.33. The maximum Gasteiger partial charge on any atom is 0.250 e. The molecular weight excluding hydrogens is 245 g/mol. The van der Waals surface area contributed by atoms with Crippen molar-refractivity contribution in [3.05, 3.63) is 24.1 Å². The van der Waals surface area contributed by atoms with Crippen LogP contribution >= 0.6 is 0 Å². The predicted molar refractivity (Wildman–Crippen MR) is 72.6 cm³/mol. The van der Waals surface area contributed by atoms with Gasteiger partial charge in [-0.2, -0.15) is 0 Å². The molecule has 1 aliphatic heterocycles. The van der Waals surface area contributed by atoms with Crippen molar-refractivity contribution >= 4 is 0 Å². The van der Waals surface area contributed by atoms with Crippen molar-refractivity contribution < 1.29 is 9.13 Å². The predicted octanol–water partition coefficient (Wildman–Crippen LogP) is 1.80. The summed E-state index contributed by atoms with van der Waals surface area (Å²) in [5, 5.41) is 0. The van der Waals surface area contributed by atoms with E-state index < -0.39 is 5.82 Å². The molecule has 0 spiro atoms. The van der Waals surface area contributed by atoms with Crippen LogP contribution in [0.2, 0.25) is 0 Å². The maximum absolute atomic E-state index is 13.4. The monoisotopic (exact) mass is 267 g/mol. The fourth-order valence-corrected chi connectivity index (χ4v) is 2.38. The maximum atomic E-state index is 13.4. The molecule has 1 saturated heterocycles. The van der Waals surface area contributed by atoms with Gasteiger partial charge < -0.3 is 15.4 Å². The molecule has 0 atom stereocenters. The number of rotatable bonds is 4. The van der Waals surface area contributed by atoms with Gasteiger partial charge in [-0.3, -0.25) is 0 Å². The van der Waals surface area contributed by atoms with Crippen molar-refractivity contribution in [2.24, 2.45) is 5.73 Å². The van der Waals surface area contributed by atoms with Gasteiger partial charge in [0.2, 0.25) is 0 Å². The Bertz CT molecular complexity index is 411. The van der Waals surface area contributed by atoms with E-state index in [2.05, 4.69) is 9.88 Å². The number of piperidine rings is 1. The Morgan fingerprint density at radius 1 is 1.47 bits per heavy atom. The van der Waals surface area contributed by atoms with Crippen LogP contribution < -0.4 is 10.5 Å². The standard InChI is InChI=1S/C14H22FN3O/c1-14(2,16)10-18-8-5-11(6-9-18)19-13-12(15)4-3-7-17-13/h3-4,7,11H,5-6,8-10,16H2,1-2H3. The number of halogens is 1. The first kappa shape index (κ1) is 14.2. The van der Waals surface area contributed by atoms with Gasteiger partial charge in [0.1, 0.15) is 6.10 Å². The van der Waals surface area contributed by atoms with Gasteiger partial charge in [0.25, 0.3) is 5.88 Å². The molecule has 4 nitrogen and oxygen atoms in total. The molecule has 1 aromatic heterocycles. The minimum Gasteiger partial charge on any atom is -0.472 e. The van der Waals surface area contributed by atoms with Gasteiger partial charge >= 0.3 is 0 Å². The Balaban J connectivity index is 1.82. The van der Waals surface area contributed by atoms with Crippen LogP contribution in [0, 0.1) is 5.82 Å². The van der Waals surface area contributed by atoms with E-state index in [1.807, 2.05) is 13.8 Å². The summed E-state index contributed by atoms with van der Waals surface area (Å²) in [4.78, 5) is 6.25. The third-order valence-electron chi connectivity index (χ3n) is 3.17. The number of hydrogen-bond donors (Lipinski definition) is 1. The molecule has 19 heavy (non-hydrogen) atoms. The minimum absolute atomic E-state index is 0.0431. The van der Waals surface area contributed by atoms with E-state index in [-0.39, 0.29) is 17.5 Å². The third-order valence-corrected chi connectivity index (χ3v) is 3.17. The van der Waals surface area contributed by atoms with Crippen LogP contribution in [0.3, 0.4) is 0 Å². The molecule has 1 aliphatic rings. The Morgan fingerprint density at radius 3 is 2.74 bits per heavy atom. The number of hydrogen-bond acceptors (Lipinski definition) is 4. The number of nitrogens with two attached hydrogens (primary N) is 1. The highest BCUT2D eigenvalue weighted by atomic mass is 19.1. The summed E-state index contributed by atoms with van der Waals surface area (Å²) in [5.41, 5.74) is 5.83. The minimum atomic E-state index is -0.395. The van der Waals surface area contributed by atoms with Crippen molar-refractivity contribution in [3.63, 3.8) is 0 Å². The lowest BCUT2D eigenvalue weighted by atomic mass is 10.0. The summed E-state index contributed by atoms with van der Waals surface area (Å²) in [7, 11) is 0. The second kappa shape index (κ2) is 5.84. The van der Waals surface area contributed by atoms with Gasteiger partial charge in [-0.1, -0.05) is 0 Å². The summed E-state index contributed by atoms with van der Waals surface area (Å²) < 4.78 is 19.0. The summed E-state index contributed by atoms with van der Waals surface area (Å²) in [5.74, 6) is -0.284. The fourth-order valence-electron chi connectivity index (χ4n) is 2.38. The Morgan fingerprint density at radius 2 is 2.16 bits per heavy atom. The summed E-state index contributed by atoms with van der Waals surface area (Å²) >= 11 is 0. The number of likely N-dealkylation sites (tertiary alicyclic amines) is 1. The van der Waals surface area contributed by atoms with Gasteiger partial charge in [0.05, 0.1) is 0 Å². The fraction of sp³-hybridized carbons (Fsp3) is 0.643. The molecular formula is C14H22FN3O. The van der Waals surface area contributed by atoms with E-state index >= 15 is 0 Å². The SMILES string of the molecule is CC(C)(N)CN1CCC(Oc2ncccc2F)CC1. The molecule has 2 heterocycles. The van der Waals surface area contributed by atoms with Gasteiger partial charge in [-0.15, -0.1) is 0 Å². The third kappa shape index (κ3) is 4.44. The smallest absolute Gasteiger partial charge is 0.250 e. The molecule has 0 unspecified atom stereocenters. The second-order valence-electron chi connectivity index (χ2n) is 5.87. The van der Waals surface area contributed by atoms with Gasteiger partial charge in [0.15, 0.2) is 5.82 Å². The lowest BCUT2D eigenvalue weighted by Crippen LogP contribution is -2.49. The van der Waals surface area contributed by atoms with Crippen LogP contribution in [0.4, 0.5) is 4.39 Å². The van der Waals surface area contributed by atoms with E-state index in [1.54, 1.807) is 12.3 Å². The molecule has 1 fully saturated rings. The summed E-state index contributed by atoms with van der Waals surface area (Å²) in [6, 6.07) is 2.93. The van der Waals surface area contributed by atoms with Crippen LogP contribution in [-0.4, -0.2) is 41.2 Å². The average molecular weight is 267 g/mol. The molecule has 5 heteroatoms. The van der Waals surface area contributed by atoms with Crippen molar-refractivity contribution in [1.82, 2.24) is 9.88 Å². The molecule has 106 valence electrons. The first-order valence-corrected chi connectivity index (χ1v) is 6.72. The van der Waals surface area contributed by atoms with Crippen LogP contribution in [0.1, 0.15) is 26.7 Å². The zero-order valence-electron chi connectivity index (χ0n) is 11.6. The van der Waals surface area contributed by atoms with E-state index in [0.29, 0.717) is 0 Å². The zero-order chi connectivity index (χ0) is 13.9. The van der Waals surface area contributed by atoms with Gasteiger partial charge in [0, 0.05) is 31.4 Å². The number of nitrogens with zero attached hydrogens (tertiary/aromatic N) is 2. The van der Waals surface area contributed by atoms with E-state index in [9.17, 15) is 4.39 Å². The zero-order valence-corrected chi connectivity index (χ0v) is 11.6. The second-order valence-corrected chi connectivity index (χ2v) is 5.87. The quantitative estimate of drug-likeness (QED) is 0.904. The molecule has 0 aromatic carbocycles. The first-order chi connectivity index (χ1) is 8.94. The van der Waals surface area contributed by atoms with Crippen LogP contribution in [0.5, 0.6) is 5.88 Å². The molecule has 0 amide bonds. The highest BCUT2D eigenvalue weighted by molar-refractivity contribution is 5.13. The number of pyridine rings is 1. The molecule has 0 aliphatic carbocycles. The van der Waals surface area contributed by atoms with E-state index in [1.165, 1.54) is 6.07 Å². The topological polar surface area (TPSA) is 51.4 Å². The van der Waals surface area contributed by atoms with Crippen molar-refractivity contribution in [1.29, 1.82) is 0 Å². The lowest BCUT2D eigenvalue weighted by molar-refractivity contribution is 0.0839. The van der Waals surface area contributed by atoms with Crippen LogP contribution in [0.15, 0.2) is 18.3 Å². The molecule has 2 rings (SSSR count). The van der Waals surface area contributed by atoms with Crippen molar-refractivity contribution in [2.45, 2.75) is 38.3 Å². The Hall–Kier alpha value is -1.20. The van der Waals surface area contributed by atoms with Crippen LogP contribution in [0.25, 0.3) is 0 Å². The first-order valence-electron chi connectivity index (χ1n) is 6.72. The molecule has 2 N–H and O–H groups in total. The molecule has 0 bridgehead atoms. The number of ether oxygens (including phenoxy) is 1. The molecule has 1 aromatic rings. The molecule has 0 saturated carbocycles. The summed E-state index contributed by atoms with van der Waals surface area (Å²) in [6.45, 7) is 6.79. The summed E-state index contributed by atoms with van der Waals surface area (Å²) in [6.07, 6.45) is 3.35. The van der Waals surface area contributed by atoms with Crippen molar-refractivity contribution in [3.8, 4) is 5.88 Å². The highest BCUT2D eigenvalue weighted by Gasteiger charge is 2.24.